The van der Waals surface area contributed by atoms with Crippen LogP contribution in [0.2, 0.25) is 0 Å². The van der Waals surface area contributed by atoms with Crippen molar-refractivity contribution in [2.24, 2.45) is 0 Å². The molecule has 0 aliphatic heterocycles. The number of aromatic nitrogens is 2. The summed E-state index contributed by atoms with van der Waals surface area (Å²) in [6, 6.07) is 7.37. The molecule has 0 fully saturated rings. The summed E-state index contributed by atoms with van der Waals surface area (Å²) in [5.41, 5.74) is 6.72. The van der Waals surface area contributed by atoms with Gasteiger partial charge in [-0.05, 0) is 24.6 Å². The van der Waals surface area contributed by atoms with Gasteiger partial charge in [0.05, 0.1) is 0 Å². The number of aromatic amines is 1. The number of nitrogens with two attached hydrogens (primary N) is 1. The summed E-state index contributed by atoms with van der Waals surface area (Å²) >= 11 is 0. The topological polar surface area (TPSA) is 110 Å². The van der Waals surface area contributed by atoms with Crippen molar-refractivity contribution in [3.63, 3.8) is 0 Å². The number of carbonyl (C=O) groups is 1. The number of carbonyl (C=O) groups excluding carboxylic acids is 1. The predicted octanol–water partition coefficient (Wildman–Crippen LogP) is 0.0659. The Hall–Kier alpha value is -2.83. The molecule has 0 saturated heterocycles. The fraction of sp³-hybridized carbons (Fsp3) is 0.154. The molecule has 0 spiro atoms. The van der Waals surface area contributed by atoms with E-state index < -0.39 is 17.0 Å². The molecule has 0 unspecified atom stereocenters. The number of H-pyrrole nitrogens is 1. The SMILES string of the molecule is Cc1c(N)cccc1NC(=O)Cn1[nH]c(=O)ccc1=O. The van der Waals surface area contributed by atoms with Crippen LogP contribution in [0.4, 0.5) is 11.4 Å². The molecule has 1 amide bonds. The second-order valence-corrected chi connectivity index (χ2v) is 4.30. The van der Waals surface area contributed by atoms with E-state index in [0.717, 1.165) is 22.4 Å². The molecule has 20 heavy (non-hydrogen) atoms. The minimum absolute atomic E-state index is 0.275. The number of benzene rings is 1. The van der Waals surface area contributed by atoms with Crippen molar-refractivity contribution in [2.75, 3.05) is 11.1 Å². The van der Waals surface area contributed by atoms with Crippen molar-refractivity contribution < 1.29 is 4.79 Å². The molecule has 1 aromatic carbocycles. The van der Waals surface area contributed by atoms with Crippen molar-refractivity contribution in [1.82, 2.24) is 9.78 Å². The zero-order valence-electron chi connectivity index (χ0n) is 10.8. The first-order chi connectivity index (χ1) is 9.47. The maximum Gasteiger partial charge on any atom is 0.265 e. The largest absolute Gasteiger partial charge is 0.398 e. The number of rotatable bonds is 3. The van der Waals surface area contributed by atoms with Gasteiger partial charge in [-0.1, -0.05) is 6.07 Å². The predicted molar refractivity (Wildman–Crippen MR) is 75.5 cm³/mol. The highest BCUT2D eigenvalue weighted by atomic mass is 16.2. The smallest absolute Gasteiger partial charge is 0.265 e. The summed E-state index contributed by atoms with van der Waals surface area (Å²) in [5.74, 6) is -0.428. The van der Waals surface area contributed by atoms with Crippen molar-refractivity contribution in [1.29, 1.82) is 0 Å². The van der Waals surface area contributed by atoms with Gasteiger partial charge < -0.3 is 11.1 Å². The number of amides is 1. The molecule has 0 aliphatic carbocycles. The van der Waals surface area contributed by atoms with Gasteiger partial charge in [-0.15, -0.1) is 0 Å². The van der Waals surface area contributed by atoms with Crippen LogP contribution in [-0.4, -0.2) is 15.7 Å². The van der Waals surface area contributed by atoms with Gasteiger partial charge in [0, 0.05) is 23.5 Å². The van der Waals surface area contributed by atoms with Crippen molar-refractivity contribution in [3.05, 3.63) is 56.6 Å². The molecule has 104 valence electrons. The lowest BCUT2D eigenvalue weighted by molar-refractivity contribution is -0.117. The van der Waals surface area contributed by atoms with Crippen LogP contribution in [0.1, 0.15) is 5.56 Å². The molecule has 0 radical (unpaired) electrons. The number of nitrogens with one attached hydrogen (secondary N) is 2. The summed E-state index contributed by atoms with van der Waals surface area (Å²) in [7, 11) is 0. The Morgan fingerprint density at radius 1 is 1.30 bits per heavy atom. The van der Waals surface area contributed by atoms with Gasteiger partial charge in [0.15, 0.2) is 0 Å². The molecule has 4 N–H and O–H groups in total. The van der Waals surface area contributed by atoms with E-state index in [1.807, 2.05) is 0 Å². The Morgan fingerprint density at radius 2 is 2.05 bits per heavy atom. The third-order valence-electron chi connectivity index (χ3n) is 2.84. The average molecular weight is 274 g/mol. The maximum atomic E-state index is 11.9. The van der Waals surface area contributed by atoms with Gasteiger partial charge in [0.25, 0.3) is 11.1 Å². The highest BCUT2D eigenvalue weighted by Crippen LogP contribution is 2.20. The van der Waals surface area contributed by atoms with Gasteiger partial charge in [0.2, 0.25) is 5.91 Å². The van der Waals surface area contributed by atoms with Gasteiger partial charge in [-0.3, -0.25) is 19.5 Å². The lowest BCUT2D eigenvalue weighted by Gasteiger charge is -2.10. The standard InChI is InChI=1S/C13H14N4O3/c1-8-9(14)3-2-4-10(8)15-12(19)7-17-13(20)6-5-11(18)16-17/h2-6H,7,14H2,1H3,(H,15,19)(H,16,18). The molecular formula is C13H14N4O3. The van der Waals surface area contributed by atoms with E-state index in [4.69, 9.17) is 5.73 Å². The van der Waals surface area contributed by atoms with E-state index >= 15 is 0 Å². The molecule has 7 heteroatoms. The van der Waals surface area contributed by atoms with Gasteiger partial charge in [-0.25, -0.2) is 4.68 Å². The van der Waals surface area contributed by atoms with Crippen molar-refractivity contribution in [3.8, 4) is 0 Å². The van der Waals surface area contributed by atoms with Gasteiger partial charge in [0.1, 0.15) is 6.54 Å². The summed E-state index contributed by atoms with van der Waals surface area (Å²) in [4.78, 5) is 34.5. The molecule has 7 nitrogen and oxygen atoms in total. The van der Waals surface area contributed by atoms with Crippen LogP contribution < -0.4 is 22.2 Å². The molecule has 2 rings (SSSR count). The van der Waals surface area contributed by atoms with E-state index in [2.05, 4.69) is 10.4 Å². The molecule has 0 atom stereocenters. The van der Waals surface area contributed by atoms with Crippen LogP contribution in [-0.2, 0) is 11.3 Å². The average Bonchev–Trinajstić information content (AvgIpc) is 2.39. The maximum absolute atomic E-state index is 11.9. The van der Waals surface area contributed by atoms with Crippen molar-refractivity contribution >= 4 is 17.3 Å². The Labute approximate surface area is 114 Å². The molecule has 1 aromatic heterocycles. The van der Waals surface area contributed by atoms with Crippen LogP contribution in [0.3, 0.4) is 0 Å². The van der Waals surface area contributed by atoms with Gasteiger partial charge >= 0.3 is 0 Å². The summed E-state index contributed by atoms with van der Waals surface area (Å²) in [6.07, 6.45) is 0. The summed E-state index contributed by atoms with van der Waals surface area (Å²) < 4.78 is 0.944. The minimum atomic E-state index is -0.455. The Kier molecular flexibility index (Phi) is 3.69. The van der Waals surface area contributed by atoms with E-state index in [0.29, 0.717) is 11.4 Å². The van der Waals surface area contributed by atoms with Crippen LogP contribution in [0.5, 0.6) is 0 Å². The van der Waals surface area contributed by atoms with Crippen LogP contribution in [0.15, 0.2) is 39.9 Å². The minimum Gasteiger partial charge on any atom is -0.398 e. The Bertz CT molecular complexity index is 761. The Morgan fingerprint density at radius 3 is 2.80 bits per heavy atom. The quantitative estimate of drug-likeness (QED) is 0.688. The monoisotopic (exact) mass is 274 g/mol. The highest BCUT2D eigenvalue weighted by Gasteiger charge is 2.08. The molecule has 0 saturated carbocycles. The van der Waals surface area contributed by atoms with Crippen LogP contribution in [0.25, 0.3) is 0 Å². The molecule has 2 aromatic rings. The normalized spacial score (nSPS) is 10.2. The summed E-state index contributed by atoms with van der Waals surface area (Å²) in [5, 5.41) is 4.93. The summed E-state index contributed by atoms with van der Waals surface area (Å²) in [6.45, 7) is 1.50. The second-order valence-electron chi connectivity index (χ2n) is 4.30. The van der Waals surface area contributed by atoms with Crippen molar-refractivity contribution in [2.45, 2.75) is 13.5 Å². The zero-order valence-corrected chi connectivity index (χ0v) is 10.8. The third kappa shape index (κ3) is 2.94. The number of nitrogens with zero attached hydrogens (tertiary/aromatic N) is 1. The zero-order chi connectivity index (χ0) is 14.7. The van der Waals surface area contributed by atoms with Crippen LogP contribution in [0, 0.1) is 6.92 Å². The molecule has 1 heterocycles. The first-order valence-corrected chi connectivity index (χ1v) is 5.92. The lowest BCUT2D eigenvalue weighted by Crippen LogP contribution is -2.32. The second kappa shape index (κ2) is 5.43. The lowest BCUT2D eigenvalue weighted by atomic mass is 10.1. The number of hydrogen-bond donors (Lipinski definition) is 3. The first-order valence-electron chi connectivity index (χ1n) is 5.92. The fourth-order valence-electron chi connectivity index (χ4n) is 1.70. The third-order valence-corrected chi connectivity index (χ3v) is 2.84. The fourth-order valence-corrected chi connectivity index (χ4v) is 1.70. The number of anilines is 2. The number of nitrogen functional groups attached to an aromatic ring is 1. The molecular weight excluding hydrogens is 260 g/mol. The van der Waals surface area contributed by atoms with E-state index in [1.54, 1.807) is 25.1 Å². The molecule has 0 aliphatic rings. The van der Waals surface area contributed by atoms with E-state index in [9.17, 15) is 14.4 Å². The first kappa shape index (κ1) is 13.6. The Balaban J connectivity index is 2.17. The highest BCUT2D eigenvalue weighted by molar-refractivity contribution is 5.92. The van der Waals surface area contributed by atoms with Gasteiger partial charge in [-0.2, -0.15) is 0 Å². The number of hydrogen-bond acceptors (Lipinski definition) is 4. The van der Waals surface area contributed by atoms with E-state index in [1.165, 1.54) is 0 Å². The van der Waals surface area contributed by atoms with E-state index in [-0.39, 0.29) is 6.54 Å². The van der Waals surface area contributed by atoms with Crippen LogP contribution >= 0.6 is 0 Å². The molecule has 0 bridgehead atoms.